The molecule has 2 aromatic rings. The van der Waals surface area contributed by atoms with Gasteiger partial charge in [0.05, 0.1) is 19.6 Å². The minimum atomic E-state index is -0.568. The van der Waals surface area contributed by atoms with E-state index in [1.54, 1.807) is 19.2 Å². The predicted molar refractivity (Wildman–Crippen MR) is 112 cm³/mol. The van der Waals surface area contributed by atoms with Crippen LogP contribution in [0.2, 0.25) is 0 Å². The van der Waals surface area contributed by atoms with Crippen molar-refractivity contribution >= 4 is 44.5 Å². The molecule has 2 heterocycles. The normalized spacial score (nSPS) is 17.8. The number of hydrazone groups is 1. The number of benzene rings is 2. The fourth-order valence-electron chi connectivity index (χ4n) is 3.19. The fraction of sp³-hybridized carbons (Fsp3) is 0.211. The molecule has 0 spiro atoms. The number of rotatable bonds is 3. The highest BCUT2D eigenvalue weighted by atomic mass is 79.9. The van der Waals surface area contributed by atoms with Gasteiger partial charge in [-0.1, -0.05) is 27.7 Å². The molecule has 2 aliphatic rings. The molecule has 0 saturated heterocycles. The van der Waals surface area contributed by atoms with Crippen molar-refractivity contribution in [3.63, 3.8) is 0 Å². The maximum atomic E-state index is 12.9. The molecule has 2 aliphatic heterocycles. The zero-order chi connectivity index (χ0) is 19.8. The highest BCUT2D eigenvalue weighted by Crippen LogP contribution is 2.37. The molecule has 7 nitrogen and oxygen atoms in total. The number of carbonyl (C=O) groups excluding carboxylic acids is 1. The van der Waals surface area contributed by atoms with E-state index in [4.69, 9.17) is 14.5 Å². The zero-order valence-electron chi connectivity index (χ0n) is 15.4. The molecule has 2 aromatic carbocycles. The van der Waals surface area contributed by atoms with E-state index in [1.807, 2.05) is 42.7 Å². The largest absolute Gasteiger partial charge is 0.497 e. The maximum absolute atomic E-state index is 12.9. The standard InChI is InChI=1S/C19H17BrN4O3S/c1-26-11-5-7-15(27-2)13(9-11)17-21-14-6-4-10(20)8-12(14)16-18(25)22-19(28-3)23-24(16)17/h4-9,17H,1-3H3,(H,22,23,25). The number of methoxy groups -OCH3 is 2. The van der Waals surface area contributed by atoms with Crippen LogP contribution in [0.1, 0.15) is 11.7 Å². The van der Waals surface area contributed by atoms with Gasteiger partial charge in [0, 0.05) is 15.3 Å². The Morgan fingerprint density at radius 1 is 1.18 bits per heavy atom. The van der Waals surface area contributed by atoms with Crippen molar-refractivity contribution in [3.8, 4) is 11.5 Å². The van der Waals surface area contributed by atoms with Gasteiger partial charge in [0.1, 0.15) is 17.2 Å². The molecule has 144 valence electrons. The van der Waals surface area contributed by atoms with Crippen molar-refractivity contribution < 1.29 is 14.3 Å². The molecular weight excluding hydrogens is 444 g/mol. The number of nitrogens with one attached hydrogen (secondary N) is 1. The summed E-state index contributed by atoms with van der Waals surface area (Å²) >= 11 is 4.83. The van der Waals surface area contributed by atoms with Gasteiger partial charge in [0.25, 0.3) is 5.91 Å². The molecule has 1 atom stereocenters. The molecule has 0 bridgehead atoms. The van der Waals surface area contributed by atoms with Gasteiger partial charge in [-0.25, -0.2) is 5.01 Å². The lowest BCUT2D eigenvalue weighted by Gasteiger charge is -2.34. The number of thioether (sulfide) groups is 1. The summed E-state index contributed by atoms with van der Waals surface area (Å²) in [6.45, 7) is 0. The number of amidine groups is 1. The molecular formula is C19H17BrN4O3S. The quantitative estimate of drug-likeness (QED) is 0.757. The van der Waals surface area contributed by atoms with Crippen LogP contribution in [0.15, 0.2) is 51.0 Å². The SMILES string of the molecule is COc1ccc(OC)c(C2N=c3ccc(Br)cc3=C3C(=O)NC(SC)=NN32)c1. The van der Waals surface area contributed by atoms with Crippen LogP contribution in [0.3, 0.4) is 0 Å². The van der Waals surface area contributed by atoms with Crippen molar-refractivity contribution in [2.24, 2.45) is 10.1 Å². The Balaban J connectivity index is 2.02. The number of amides is 1. The molecule has 0 radical (unpaired) electrons. The van der Waals surface area contributed by atoms with Crippen LogP contribution in [-0.2, 0) is 4.79 Å². The van der Waals surface area contributed by atoms with Gasteiger partial charge in [-0.2, -0.15) is 0 Å². The zero-order valence-corrected chi connectivity index (χ0v) is 17.8. The Bertz CT molecular complexity index is 1120. The van der Waals surface area contributed by atoms with Gasteiger partial charge in [-0.15, -0.1) is 5.10 Å². The van der Waals surface area contributed by atoms with Crippen LogP contribution >= 0.6 is 27.7 Å². The smallest absolute Gasteiger partial charge is 0.276 e. The first-order chi connectivity index (χ1) is 13.5. The number of ether oxygens (including phenoxy) is 2. The molecule has 4 rings (SSSR count). The minimum Gasteiger partial charge on any atom is -0.497 e. The van der Waals surface area contributed by atoms with Crippen LogP contribution in [0, 0.1) is 0 Å². The van der Waals surface area contributed by atoms with Gasteiger partial charge < -0.3 is 9.47 Å². The van der Waals surface area contributed by atoms with E-state index in [9.17, 15) is 4.79 Å². The highest BCUT2D eigenvalue weighted by molar-refractivity contribution is 9.10. The number of hydrogen-bond acceptors (Lipinski definition) is 7. The third-order valence-electron chi connectivity index (χ3n) is 4.48. The Hall–Kier alpha value is -2.52. The van der Waals surface area contributed by atoms with Gasteiger partial charge in [-0.3, -0.25) is 15.1 Å². The lowest BCUT2D eigenvalue weighted by atomic mass is 10.1. The Morgan fingerprint density at radius 3 is 2.71 bits per heavy atom. The lowest BCUT2D eigenvalue weighted by molar-refractivity contribution is -0.116. The van der Waals surface area contributed by atoms with E-state index in [0.717, 1.165) is 10.0 Å². The minimum absolute atomic E-state index is 0.222. The number of halogens is 1. The molecule has 1 amide bonds. The Kier molecular flexibility index (Phi) is 5.03. The summed E-state index contributed by atoms with van der Waals surface area (Å²) < 4.78 is 11.8. The number of hydrogen-bond donors (Lipinski definition) is 1. The van der Waals surface area contributed by atoms with Crippen LogP contribution in [0.4, 0.5) is 0 Å². The van der Waals surface area contributed by atoms with Crippen molar-refractivity contribution in [2.75, 3.05) is 20.5 Å². The van der Waals surface area contributed by atoms with Gasteiger partial charge in [-0.05, 0) is 42.7 Å². The number of carbonyl (C=O) groups is 1. The summed E-state index contributed by atoms with van der Waals surface area (Å²) in [7, 11) is 3.20. The third-order valence-corrected chi connectivity index (χ3v) is 5.54. The average molecular weight is 461 g/mol. The molecule has 1 N–H and O–H groups in total. The molecule has 1 unspecified atom stereocenters. The van der Waals surface area contributed by atoms with E-state index >= 15 is 0 Å². The maximum Gasteiger partial charge on any atom is 0.276 e. The second-order valence-corrected chi connectivity index (χ2v) is 7.74. The predicted octanol–water partition coefficient (Wildman–Crippen LogP) is 1.97. The average Bonchev–Trinajstić information content (AvgIpc) is 2.72. The van der Waals surface area contributed by atoms with E-state index in [2.05, 4.69) is 26.3 Å². The summed E-state index contributed by atoms with van der Waals surface area (Å²) in [4.78, 5) is 17.8. The van der Waals surface area contributed by atoms with Crippen LogP contribution in [0.5, 0.6) is 11.5 Å². The number of fused-ring (bicyclic) bond motifs is 2. The van der Waals surface area contributed by atoms with E-state index in [0.29, 0.717) is 32.9 Å². The summed E-state index contributed by atoms with van der Waals surface area (Å²) in [6.07, 6.45) is 1.29. The van der Waals surface area contributed by atoms with Crippen molar-refractivity contribution in [3.05, 3.63) is 57.0 Å². The van der Waals surface area contributed by atoms with Crippen LogP contribution in [-0.4, -0.2) is 36.6 Å². The second kappa shape index (κ2) is 7.48. The first-order valence-electron chi connectivity index (χ1n) is 8.38. The Morgan fingerprint density at radius 2 is 2.00 bits per heavy atom. The molecule has 0 aliphatic carbocycles. The lowest BCUT2D eigenvalue weighted by Crippen LogP contribution is -2.50. The van der Waals surface area contributed by atoms with Crippen molar-refractivity contribution in [1.29, 1.82) is 0 Å². The third kappa shape index (κ3) is 3.14. The van der Waals surface area contributed by atoms with Crippen LogP contribution < -0.4 is 25.4 Å². The Labute approximate surface area is 174 Å². The second-order valence-electron chi connectivity index (χ2n) is 6.03. The van der Waals surface area contributed by atoms with Crippen LogP contribution in [0.25, 0.3) is 5.70 Å². The summed E-state index contributed by atoms with van der Waals surface area (Å²) in [6, 6.07) is 11.2. The topological polar surface area (TPSA) is 75.5 Å². The van der Waals surface area contributed by atoms with Gasteiger partial charge in [0.2, 0.25) is 0 Å². The monoisotopic (exact) mass is 460 g/mol. The summed E-state index contributed by atoms with van der Waals surface area (Å²) in [5.41, 5.74) is 1.20. The van der Waals surface area contributed by atoms with Gasteiger partial charge >= 0.3 is 0 Å². The van der Waals surface area contributed by atoms with Gasteiger partial charge in [0.15, 0.2) is 11.3 Å². The molecule has 28 heavy (non-hydrogen) atoms. The summed E-state index contributed by atoms with van der Waals surface area (Å²) in [5, 5.41) is 11.0. The van der Waals surface area contributed by atoms with Crippen molar-refractivity contribution in [2.45, 2.75) is 6.17 Å². The van der Waals surface area contributed by atoms with E-state index in [-0.39, 0.29) is 5.91 Å². The molecule has 0 aromatic heterocycles. The fourth-order valence-corrected chi connectivity index (χ4v) is 3.91. The van der Waals surface area contributed by atoms with Crippen molar-refractivity contribution in [1.82, 2.24) is 10.3 Å². The van der Waals surface area contributed by atoms with E-state index < -0.39 is 6.17 Å². The molecule has 9 heteroatoms. The number of nitrogens with zero attached hydrogens (tertiary/aromatic N) is 3. The molecule has 0 saturated carbocycles. The van der Waals surface area contributed by atoms with E-state index in [1.165, 1.54) is 11.8 Å². The highest BCUT2D eigenvalue weighted by Gasteiger charge is 2.35. The first-order valence-corrected chi connectivity index (χ1v) is 10.4. The molecule has 0 fully saturated rings. The first kappa shape index (κ1) is 18.8. The summed E-state index contributed by atoms with van der Waals surface area (Å²) in [5.74, 6) is 1.09.